The van der Waals surface area contributed by atoms with Gasteiger partial charge in [-0.25, -0.2) is 4.79 Å². The van der Waals surface area contributed by atoms with Crippen molar-refractivity contribution in [2.24, 2.45) is 4.99 Å². The van der Waals surface area contributed by atoms with E-state index in [-0.39, 0.29) is 6.61 Å². The lowest BCUT2D eigenvalue weighted by Gasteiger charge is -2.15. The van der Waals surface area contributed by atoms with E-state index in [4.69, 9.17) is 9.73 Å². The predicted octanol–water partition coefficient (Wildman–Crippen LogP) is 5.29. The summed E-state index contributed by atoms with van der Waals surface area (Å²) in [6.07, 6.45) is 0. The summed E-state index contributed by atoms with van der Waals surface area (Å²) in [7, 11) is 0. The zero-order valence-corrected chi connectivity index (χ0v) is 17.4. The number of ether oxygens (including phenoxy) is 1. The van der Waals surface area contributed by atoms with Gasteiger partial charge in [0.2, 0.25) is 0 Å². The second-order valence-electron chi connectivity index (χ2n) is 6.17. The largest absolute Gasteiger partial charge is 0.464 e. The number of halogens is 1. The van der Waals surface area contributed by atoms with Crippen molar-refractivity contribution in [3.63, 3.8) is 0 Å². The lowest BCUT2D eigenvalue weighted by atomic mass is 10.0. The molecule has 0 fully saturated rings. The number of hydrogen-bond acceptors (Lipinski definition) is 4. The SMILES string of the molecule is CCOC(=O)C(N=C(c1ccccc1)c1ccccc1)c1ccc(Br)c(C)n1. The summed E-state index contributed by atoms with van der Waals surface area (Å²) >= 11 is 3.46. The summed E-state index contributed by atoms with van der Waals surface area (Å²) in [6.45, 7) is 3.95. The number of benzene rings is 2. The number of nitrogens with zero attached hydrogens (tertiary/aromatic N) is 2. The Morgan fingerprint density at radius 1 is 1.00 bits per heavy atom. The van der Waals surface area contributed by atoms with Gasteiger partial charge in [0.05, 0.1) is 23.7 Å². The van der Waals surface area contributed by atoms with Gasteiger partial charge < -0.3 is 4.74 Å². The monoisotopic (exact) mass is 436 g/mol. The van der Waals surface area contributed by atoms with Crippen molar-refractivity contribution < 1.29 is 9.53 Å². The number of pyridine rings is 1. The smallest absolute Gasteiger partial charge is 0.337 e. The fourth-order valence-electron chi connectivity index (χ4n) is 2.81. The van der Waals surface area contributed by atoms with Crippen LogP contribution >= 0.6 is 15.9 Å². The van der Waals surface area contributed by atoms with E-state index in [1.165, 1.54) is 0 Å². The molecule has 4 nitrogen and oxygen atoms in total. The first-order chi connectivity index (χ1) is 13.6. The molecule has 142 valence electrons. The topological polar surface area (TPSA) is 51.5 Å². The van der Waals surface area contributed by atoms with Crippen molar-refractivity contribution in [3.05, 3.63) is 99.8 Å². The van der Waals surface area contributed by atoms with Gasteiger partial charge in [-0.3, -0.25) is 9.98 Å². The molecule has 3 aromatic rings. The first-order valence-corrected chi connectivity index (χ1v) is 9.87. The van der Waals surface area contributed by atoms with E-state index in [9.17, 15) is 4.79 Å². The first-order valence-electron chi connectivity index (χ1n) is 9.08. The highest BCUT2D eigenvalue weighted by Gasteiger charge is 2.25. The van der Waals surface area contributed by atoms with E-state index >= 15 is 0 Å². The van der Waals surface area contributed by atoms with Crippen LogP contribution in [0, 0.1) is 6.92 Å². The zero-order chi connectivity index (χ0) is 19.9. The van der Waals surface area contributed by atoms with E-state index in [1.54, 1.807) is 13.0 Å². The molecule has 0 bridgehead atoms. The number of aromatic nitrogens is 1. The van der Waals surface area contributed by atoms with E-state index in [0.29, 0.717) is 5.69 Å². The summed E-state index contributed by atoms with van der Waals surface area (Å²) in [6, 6.07) is 22.5. The number of rotatable bonds is 6. The summed E-state index contributed by atoms with van der Waals surface area (Å²) in [5.41, 5.74) is 3.93. The Balaban J connectivity index is 2.16. The van der Waals surface area contributed by atoms with Crippen LogP contribution in [0.5, 0.6) is 0 Å². The summed E-state index contributed by atoms with van der Waals surface area (Å²) in [4.78, 5) is 22.2. The molecular weight excluding hydrogens is 416 g/mol. The van der Waals surface area contributed by atoms with Crippen LogP contribution in [0.25, 0.3) is 0 Å². The second kappa shape index (κ2) is 9.42. The van der Waals surface area contributed by atoms with Crippen LogP contribution in [0.15, 0.2) is 82.3 Å². The third-order valence-electron chi connectivity index (χ3n) is 4.19. The molecule has 1 unspecified atom stereocenters. The minimum atomic E-state index is -0.845. The van der Waals surface area contributed by atoms with Gasteiger partial charge in [-0.05, 0) is 41.9 Å². The van der Waals surface area contributed by atoms with E-state index < -0.39 is 12.0 Å². The maximum Gasteiger partial charge on any atom is 0.337 e. The Labute approximate surface area is 173 Å². The molecule has 1 heterocycles. The van der Waals surface area contributed by atoms with Gasteiger partial charge >= 0.3 is 5.97 Å². The van der Waals surface area contributed by atoms with Gasteiger partial charge in [-0.1, -0.05) is 60.7 Å². The van der Waals surface area contributed by atoms with Crippen molar-refractivity contribution in [2.75, 3.05) is 6.61 Å². The summed E-state index contributed by atoms with van der Waals surface area (Å²) in [5.74, 6) is -0.416. The molecular formula is C23H21BrN2O2. The maximum absolute atomic E-state index is 12.8. The van der Waals surface area contributed by atoms with Crippen LogP contribution in [0.3, 0.4) is 0 Å². The number of carbonyl (C=O) groups excluding carboxylic acids is 1. The molecule has 2 aromatic carbocycles. The van der Waals surface area contributed by atoms with E-state index in [2.05, 4.69) is 20.9 Å². The molecule has 0 amide bonds. The molecule has 5 heteroatoms. The number of carbonyl (C=O) groups is 1. The zero-order valence-electron chi connectivity index (χ0n) is 15.8. The Morgan fingerprint density at radius 2 is 1.57 bits per heavy atom. The fraction of sp³-hybridized carbons (Fsp3) is 0.174. The molecule has 0 spiro atoms. The Bertz CT molecular complexity index is 931. The Hall–Kier alpha value is -2.79. The standard InChI is InChI=1S/C23H21BrN2O2/c1-3-28-23(27)22(20-15-14-19(24)16(2)25-20)26-21(17-10-6-4-7-11-17)18-12-8-5-9-13-18/h4-15,22H,3H2,1-2H3. The van der Waals surface area contributed by atoms with Crippen molar-refractivity contribution >= 4 is 27.6 Å². The quantitative estimate of drug-likeness (QED) is 0.389. The number of aliphatic imine (C=N–C) groups is 1. The average Bonchev–Trinajstić information content (AvgIpc) is 2.72. The lowest BCUT2D eigenvalue weighted by molar-refractivity contribution is -0.144. The predicted molar refractivity (Wildman–Crippen MR) is 115 cm³/mol. The summed E-state index contributed by atoms with van der Waals surface area (Å²) in [5, 5.41) is 0. The van der Waals surface area contributed by atoms with Crippen molar-refractivity contribution in [1.82, 2.24) is 4.98 Å². The molecule has 0 aliphatic rings. The average molecular weight is 437 g/mol. The van der Waals surface area contributed by atoms with Crippen molar-refractivity contribution in [2.45, 2.75) is 19.9 Å². The molecule has 0 N–H and O–H groups in total. The van der Waals surface area contributed by atoms with Crippen LogP contribution in [0.1, 0.15) is 35.5 Å². The number of hydrogen-bond donors (Lipinski definition) is 0. The van der Waals surface area contributed by atoms with Gasteiger partial charge in [0, 0.05) is 15.6 Å². The highest BCUT2D eigenvalue weighted by molar-refractivity contribution is 9.10. The fourth-order valence-corrected chi connectivity index (χ4v) is 3.03. The second-order valence-corrected chi connectivity index (χ2v) is 7.02. The molecule has 1 atom stereocenters. The van der Waals surface area contributed by atoms with Gasteiger partial charge in [0.15, 0.2) is 6.04 Å². The van der Waals surface area contributed by atoms with Gasteiger partial charge in [0.25, 0.3) is 0 Å². The molecule has 0 radical (unpaired) electrons. The molecule has 0 saturated carbocycles. The van der Waals surface area contributed by atoms with E-state index in [1.807, 2.05) is 73.7 Å². The Morgan fingerprint density at radius 3 is 2.07 bits per heavy atom. The van der Waals surface area contributed by atoms with Crippen molar-refractivity contribution in [1.29, 1.82) is 0 Å². The molecule has 1 aromatic heterocycles. The number of esters is 1. The molecule has 0 aliphatic heterocycles. The van der Waals surface area contributed by atoms with Crippen LogP contribution in [-0.2, 0) is 9.53 Å². The number of aryl methyl sites for hydroxylation is 1. The van der Waals surface area contributed by atoms with Gasteiger partial charge in [0.1, 0.15) is 0 Å². The van der Waals surface area contributed by atoms with Crippen LogP contribution in [-0.4, -0.2) is 23.3 Å². The van der Waals surface area contributed by atoms with Crippen LogP contribution in [0.2, 0.25) is 0 Å². The van der Waals surface area contributed by atoms with E-state index in [0.717, 1.165) is 27.0 Å². The lowest BCUT2D eigenvalue weighted by Crippen LogP contribution is -2.18. The van der Waals surface area contributed by atoms with Crippen molar-refractivity contribution in [3.8, 4) is 0 Å². The third kappa shape index (κ3) is 4.73. The third-order valence-corrected chi connectivity index (χ3v) is 5.02. The Kier molecular flexibility index (Phi) is 6.71. The molecule has 0 saturated heterocycles. The van der Waals surface area contributed by atoms with Gasteiger partial charge in [-0.2, -0.15) is 0 Å². The van der Waals surface area contributed by atoms with Gasteiger partial charge in [-0.15, -0.1) is 0 Å². The summed E-state index contributed by atoms with van der Waals surface area (Å²) < 4.78 is 6.19. The highest BCUT2D eigenvalue weighted by atomic mass is 79.9. The minimum absolute atomic E-state index is 0.284. The maximum atomic E-state index is 12.8. The minimum Gasteiger partial charge on any atom is -0.464 e. The first kappa shape index (κ1) is 20.0. The van der Waals surface area contributed by atoms with Crippen LogP contribution < -0.4 is 0 Å². The normalized spacial score (nSPS) is 11.5. The molecule has 0 aliphatic carbocycles. The highest BCUT2D eigenvalue weighted by Crippen LogP contribution is 2.24. The van der Waals surface area contributed by atoms with Crippen LogP contribution in [0.4, 0.5) is 0 Å². The molecule has 3 rings (SSSR count). The molecule has 28 heavy (non-hydrogen) atoms.